The topological polar surface area (TPSA) is 129 Å². The first-order valence-corrected chi connectivity index (χ1v) is 9.86. The van der Waals surface area contributed by atoms with Crippen LogP contribution in [-0.2, 0) is 9.59 Å². The molecule has 33 heavy (non-hydrogen) atoms. The molecule has 3 rings (SSSR count). The molecule has 0 fully saturated rings. The van der Waals surface area contributed by atoms with Gasteiger partial charge in [0.05, 0.1) is 24.6 Å². The number of hydrogen-bond acceptors (Lipinski definition) is 6. The third-order valence-corrected chi connectivity index (χ3v) is 4.51. The number of amides is 3. The van der Waals surface area contributed by atoms with E-state index in [1.165, 1.54) is 37.6 Å². The van der Waals surface area contributed by atoms with E-state index in [0.29, 0.717) is 11.4 Å². The van der Waals surface area contributed by atoms with Crippen LogP contribution < -0.4 is 20.8 Å². The van der Waals surface area contributed by atoms with Crippen molar-refractivity contribution in [3.05, 3.63) is 83.4 Å². The monoisotopic (exact) mass is 446 g/mol. The van der Waals surface area contributed by atoms with Crippen LogP contribution in [0.2, 0.25) is 0 Å². The molecule has 0 aromatic heterocycles. The van der Waals surface area contributed by atoms with Crippen LogP contribution in [0, 0.1) is 6.92 Å². The number of hydrazone groups is 1. The molecule has 0 spiro atoms. The lowest BCUT2D eigenvalue weighted by Crippen LogP contribution is -2.33. The maximum absolute atomic E-state index is 12.7. The van der Waals surface area contributed by atoms with E-state index < -0.39 is 17.7 Å². The molecule has 4 N–H and O–H groups in total. The molecule has 0 saturated carbocycles. The zero-order valence-electron chi connectivity index (χ0n) is 18.0. The van der Waals surface area contributed by atoms with Gasteiger partial charge in [-0.1, -0.05) is 24.3 Å². The van der Waals surface area contributed by atoms with Crippen molar-refractivity contribution >= 4 is 35.3 Å². The highest BCUT2D eigenvalue weighted by molar-refractivity contribution is 6.40. The smallest absolute Gasteiger partial charge is 0.329 e. The zero-order chi connectivity index (χ0) is 23.8. The number of rotatable bonds is 6. The van der Waals surface area contributed by atoms with Crippen molar-refractivity contribution in [1.29, 1.82) is 0 Å². The Kier molecular flexibility index (Phi) is 7.38. The number of hydrogen-bond donors (Lipinski definition) is 4. The lowest BCUT2D eigenvalue weighted by Gasteiger charge is -2.11. The number of nitrogens with one attached hydrogen (secondary N) is 3. The Morgan fingerprint density at radius 3 is 2.48 bits per heavy atom. The number of phenols is 1. The van der Waals surface area contributed by atoms with Gasteiger partial charge in [0.15, 0.2) is 0 Å². The van der Waals surface area contributed by atoms with Gasteiger partial charge < -0.3 is 20.5 Å². The first kappa shape index (κ1) is 23.0. The Hall–Kier alpha value is -4.66. The van der Waals surface area contributed by atoms with E-state index in [0.717, 1.165) is 5.56 Å². The average Bonchev–Trinajstić information content (AvgIpc) is 2.80. The Balaban J connectivity index is 1.65. The van der Waals surface area contributed by atoms with Crippen LogP contribution in [0.3, 0.4) is 0 Å². The van der Waals surface area contributed by atoms with Gasteiger partial charge in [-0.2, -0.15) is 5.10 Å². The number of methoxy groups -OCH3 is 1. The summed E-state index contributed by atoms with van der Waals surface area (Å²) in [5.41, 5.74) is 4.30. The lowest BCUT2D eigenvalue weighted by atomic mass is 10.1. The fraction of sp³-hybridized carbons (Fsp3) is 0.0833. The van der Waals surface area contributed by atoms with E-state index in [4.69, 9.17) is 4.74 Å². The van der Waals surface area contributed by atoms with Gasteiger partial charge in [-0.15, -0.1) is 0 Å². The summed E-state index contributed by atoms with van der Waals surface area (Å²) in [5.74, 6) is -2.10. The van der Waals surface area contributed by atoms with Crippen molar-refractivity contribution in [3.8, 4) is 11.5 Å². The highest BCUT2D eigenvalue weighted by Gasteiger charge is 2.18. The highest BCUT2D eigenvalue weighted by Crippen LogP contribution is 2.21. The maximum atomic E-state index is 12.7. The van der Waals surface area contributed by atoms with E-state index in [2.05, 4.69) is 21.2 Å². The molecular formula is C24H22N4O5. The van der Waals surface area contributed by atoms with Crippen LogP contribution in [0.25, 0.3) is 0 Å². The van der Waals surface area contributed by atoms with Crippen molar-refractivity contribution < 1.29 is 24.2 Å². The quantitative estimate of drug-likeness (QED) is 0.263. The summed E-state index contributed by atoms with van der Waals surface area (Å²) in [5, 5.41) is 18.7. The molecule has 0 atom stereocenters. The second-order valence-corrected chi connectivity index (χ2v) is 6.95. The van der Waals surface area contributed by atoms with Crippen molar-refractivity contribution in [3.63, 3.8) is 0 Å². The molecule has 0 aliphatic carbocycles. The largest absolute Gasteiger partial charge is 0.507 e. The third-order valence-electron chi connectivity index (χ3n) is 4.51. The number of nitrogens with zero attached hydrogens (tertiary/aromatic N) is 1. The molecular weight excluding hydrogens is 424 g/mol. The highest BCUT2D eigenvalue weighted by atomic mass is 16.5. The summed E-state index contributed by atoms with van der Waals surface area (Å²) < 4.78 is 5.06. The van der Waals surface area contributed by atoms with Gasteiger partial charge in [-0.05, 0) is 55.0 Å². The van der Waals surface area contributed by atoms with Crippen molar-refractivity contribution in [2.75, 3.05) is 17.7 Å². The minimum absolute atomic E-state index is 0.0770. The van der Waals surface area contributed by atoms with E-state index in [1.54, 1.807) is 24.3 Å². The predicted molar refractivity (Wildman–Crippen MR) is 125 cm³/mol. The van der Waals surface area contributed by atoms with Crippen LogP contribution in [0.15, 0.2) is 71.8 Å². The Labute approximate surface area is 190 Å². The summed E-state index contributed by atoms with van der Waals surface area (Å²) >= 11 is 0. The number of carbonyl (C=O) groups is 3. The minimum atomic E-state index is -1.05. The molecule has 0 saturated heterocycles. The van der Waals surface area contributed by atoms with Crippen molar-refractivity contribution in [2.24, 2.45) is 5.10 Å². The van der Waals surface area contributed by atoms with E-state index in [-0.39, 0.29) is 22.6 Å². The zero-order valence-corrected chi connectivity index (χ0v) is 18.0. The first-order valence-electron chi connectivity index (χ1n) is 9.86. The second-order valence-electron chi connectivity index (χ2n) is 6.95. The van der Waals surface area contributed by atoms with Gasteiger partial charge in [0.1, 0.15) is 11.5 Å². The van der Waals surface area contributed by atoms with Gasteiger partial charge in [-0.3, -0.25) is 14.4 Å². The molecule has 0 radical (unpaired) electrons. The molecule has 3 amide bonds. The summed E-state index contributed by atoms with van der Waals surface area (Å²) in [6.07, 6.45) is 1.17. The Morgan fingerprint density at radius 1 is 0.939 bits per heavy atom. The molecule has 0 bridgehead atoms. The summed E-state index contributed by atoms with van der Waals surface area (Å²) in [6.45, 7) is 1.90. The van der Waals surface area contributed by atoms with Gasteiger partial charge in [0.25, 0.3) is 5.91 Å². The number of para-hydroxylation sites is 1. The summed E-state index contributed by atoms with van der Waals surface area (Å²) in [6, 6.07) is 18.1. The fourth-order valence-corrected chi connectivity index (χ4v) is 2.86. The molecule has 9 nitrogen and oxygen atoms in total. The average molecular weight is 446 g/mol. The van der Waals surface area contributed by atoms with Crippen LogP contribution in [0.4, 0.5) is 11.4 Å². The van der Waals surface area contributed by atoms with Crippen LogP contribution in [-0.4, -0.2) is 36.2 Å². The van der Waals surface area contributed by atoms with Gasteiger partial charge in [0, 0.05) is 11.3 Å². The summed E-state index contributed by atoms with van der Waals surface area (Å²) in [7, 11) is 1.47. The van der Waals surface area contributed by atoms with Crippen LogP contribution >= 0.6 is 0 Å². The Bertz CT molecular complexity index is 1220. The number of benzene rings is 3. The molecule has 0 aliphatic rings. The summed E-state index contributed by atoms with van der Waals surface area (Å²) in [4.78, 5) is 37.1. The second kappa shape index (κ2) is 10.6. The molecule has 0 aliphatic heterocycles. The van der Waals surface area contributed by atoms with E-state index in [1.807, 2.05) is 25.1 Å². The molecule has 3 aromatic rings. The molecule has 9 heteroatoms. The maximum Gasteiger partial charge on any atom is 0.329 e. The number of anilines is 2. The standard InChI is InChI=1S/C24H22N4O5/c1-15-6-5-7-17(12-15)26-22(30)19-8-3-4-9-20(19)27-23(31)24(32)28-25-14-16-13-18(33-2)10-11-21(16)29/h3-14,29H,1-2H3,(H,26,30)(H,27,31)(H,28,32). The lowest BCUT2D eigenvalue weighted by molar-refractivity contribution is -0.136. The fourth-order valence-electron chi connectivity index (χ4n) is 2.86. The van der Waals surface area contributed by atoms with E-state index >= 15 is 0 Å². The van der Waals surface area contributed by atoms with Gasteiger partial charge in [-0.25, -0.2) is 5.43 Å². The van der Waals surface area contributed by atoms with Gasteiger partial charge >= 0.3 is 11.8 Å². The minimum Gasteiger partial charge on any atom is -0.507 e. The Morgan fingerprint density at radius 2 is 1.73 bits per heavy atom. The number of phenolic OH excluding ortho intramolecular Hbond substituents is 1. The van der Waals surface area contributed by atoms with Crippen molar-refractivity contribution in [1.82, 2.24) is 5.43 Å². The first-order chi connectivity index (χ1) is 15.9. The van der Waals surface area contributed by atoms with Crippen LogP contribution in [0.1, 0.15) is 21.5 Å². The molecule has 0 heterocycles. The SMILES string of the molecule is COc1ccc(O)c(C=NNC(=O)C(=O)Nc2ccccc2C(=O)Nc2cccc(C)c2)c1. The van der Waals surface area contributed by atoms with Gasteiger partial charge in [0.2, 0.25) is 0 Å². The van der Waals surface area contributed by atoms with Crippen molar-refractivity contribution in [2.45, 2.75) is 6.92 Å². The predicted octanol–water partition coefficient (Wildman–Crippen LogP) is 3.05. The molecule has 0 unspecified atom stereocenters. The number of ether oxygens (including phenoxy) is 1. The number of aromatic hydroxyl groups is 1. The third kappa shape index (κ3) is 6.17. The molecule has 168 valence electrons. The van der Waals surface area contributed by atoms with Crippen LogP contribution in [0.5, 0.6) is 11.5 Å². The molecule has 3 aromatic carbocycles. The normalized spacial score (nSPS) is 10.5. The number of aryl methyl sites for hydroxylation is 1. The van der Waals surface area contributed by atoms with E-state index in [9.17, 15) is 19.5 Å². The number of carbonyl (C=O) groups excluding carboxylic acids is 3.